The number of fused-ring (bicyclic) bond motifs is 3. The van der Waals surface area contributed by atoms with Crippen molar-refractivity contribution in [3.05, 3.63) is 65.2 Å². The first-order valence-corrected chi connectivity index (χ1v) is 16.4. The van der Waals surface area contributed by atoms with Crippen LogP contribution in [0.4, 0.5) is 13.2 Å². The highest BCUT2D eigenvalue weighted by Gasteiger charge is 2.50. The fraction of sp³-hybridized carbons (Fsp3) is 0.485. The average Bonchev–Trinajstić information content (AvgIpc) is 3.14. The van der Waals surface area contributed by atoms with Crippen molar-refractivity contribution in [1.82, 2.24) is 15.1 Å². The predicted octanol–water partition coefficient (Wildman–Crippen LogP) is 4.06. The molecule has 0 unspecified atom stereocenters. The predicted molar refractivity (Wildman–Crippen MR) is 164 cm³/mol. The lowest BCUT2D eigenvalue weighted by Gasteiger charge is -2.43. The van der Waals surface area contributed by atoms with Gasteiger partial charge >= 0.3 is 18.1 Å². The molecule has 0 saturated carbocycles. The van der Waals surface area contributed by atoms with Gasteiger partial charge in [0, 0.05) is 23.8 Å². The molecular formula is C33H36F3N3O7S. The molecule has 0 radical (unpaired) electrons. The number of carboxylic acid groups (broad SMARTS) is 1. The number of piperidine rings is 2. The molecule has 10 nitrogen and oxygen atoms in total. The van der Waals surface area contributed by atoms with Crippen LogP contribution in [0.2, 0.25) is 0 Å². The molecule has 2 fully saturated rings. The van der Waals surface area contributed by atoms with E-state index in [1.54, 1.807) is 24.3 Å². The van der Waals surface area contributed by atoms with E-state index in [0.717, 1.165) is 41.3 Å². The molecule has 252 valence electrons. The first-order valence-electron chi connectivity index (χ1n) is 15.6. The van der Waals surface area contributed by atoms with Crippen LogP contribution in [0.25, 0.3) is 0 Å². The largest absolute Gasteiger partial charge is 0.490 e. The van der Waals surface area contributed by atoms with Crippen LogP contribution in [0.1, 0.15) is 61.3 Å². The SMILES string of the molecule is O=C(CCc1ccc(SC(=O)CN2CCCCC2)cc1)N[C@H]1C[C@@H]2c3ccccc3C[C@H](OC(=O)C(F)(F)F)C(=O)N2[C@H](C(=O)O)C1. The normalized spacial score (nSPS) is 23.2. The zero-order valence-corrected chi connectivity index (χ0v) is 26.4. The van der Waals surface area contributed by atoms with Crippen molar-refractivity contribution < 1.29 is 47.0 Å². The standard InChI is InChI=1S/C33H36F3N3O7S/c34-33(35,36)32(45)46-27-16-21-6-2-3-7-24(21)25-17-22(18-26(31(43)44)39(25)30(27)42)37-28(40)13-10-20-8-11-23(12-9-20)47-29(41)19-38-14-4-1-5-15-38/h2-3,6-9,11-12,22,25-27H,1,4-5,10,13-19H2,(H,37,40)(H,43,44)/t22-,25+,26-,27-/m0/s1. The van der Waals surface area contributed by atoms with Crippen LogP contribution in [0, 0.1) is 0 Å². The maximum Gasteiger partial charge on any atom is 0.490 e. The summed E-state index contributed by atoms with van der Waals surface area (Å²) in [6, 6.07) is 10.9. The Labute approximate surface area is 274 Å². The number of benzene rings is 2. The van der Waals surface area contributed by atoms with Gasteiger partial charge in [0.2, 0.25) is 11.0 Å². The third-order valence-corrected chi connectivity index (χ3v) is 9.63. The highest BCUT2D eigenvalue weighted by atomic mass is 32.2. The molecule has 5 rings (SSSR count). The fourth-order valence-corrected chi connectivity index (χ4v) is 7.32. The number of aryl methyl sites for hydroxylation is 1. The number of carboxylic acids is 1. The van der Waals surface area contributed by atoms with Gasteiger partial charge in [0.15, 0.2) is 6.10 Å². The Bertz CT molecular complexity index is 1500. The lowest BCUT2D eigenvalue weighted by molar-refractivity contribution is -0.207. The fourth-order valence-electron chi connectivity index (χ4n) is 6.53. The molecule has 0 bridgehead atoms. The van der Waals surface area contributed by atoms with Crippen LogP contribution < -0.4 is 5.32 Å². The van der Waals surface area contributed by atoms with Gasteiger partial charge in [-0.2, -0.15) is 13.2 Å². The number of halogens is 3. The van der Waals surface area contributed by atoms with Gasteiger partial charge in [0.1, 0.15) is 6.04 Å². The number of nitrogens with one attached hydrogen (secondary N) is 1. The van der Waals surface area contributed by atoms with E-state index >= 15 is 0 Å². The number of esters is 1. The quantitative estimate of drug-likeness (QED) is 0.298. The highest BCUT2D eigenvalue weighted by Crippen LogP contribution is 2.40. The summed E-state index contributed by atoms with van der Waals surface area (Å²) in [7, 11) is 0. The monoisotopic (exact) mass is 675 g/mol. The molecule has 3 aliphatic rings. The Morgan fingerprint density at radius 3 is 2.36 bits per heavy atom. The van der Waals surface area contributed by atoms with Crippen molar-refractivity contribution in [1.29, 1.82) is 0 Å². The van der Waals surface area contributed by atoms with E-state index in [4.69, 9.17) is 0 Å². The maximum atomic E-state index is 13.5. The van der Waals surface area contributed by atoms with Crippen LogP contribution in [-0.2, 0) is 41.6 Å². The van der Waals surface area contributed by atoms with Crippen LogP contribution in [-0.4, -0.2) is 87.8 Å². The molecule has 4 atom stereocenters. The molecule has 2 amide bonds. The molecule has 14 heteroatoms. The van der Waals surface area contributed by atoms with Gasteiger partial charge in [-0.25, -0.2) is 9.59 Å². The second-order valence-corrected chi connectivity index (χ2v) is 13.2. The summed E-state index contributed by atoms with van der Waals surface area (Å²) in [6.07, 6.45) is -3.67. The van der Waals surface area contributed by atoms with E-state index < -0.39 is 48.3 Å². The summed E-state index contributed by atoms with van der Waals surface area (Å²) < 4.78 is 43.6. The van der Waals surface area contributed by atoms with Crippen molar-refractivity contribution in [2.45, 2.75) is 86.7 Å². The molecule has 2 aromatic carbocycles. The van der Waals surface area contributed by atoms with Gasteiger partial charge in [-0.05, 0) is 74.0 Å². The third kappa shape index (κ3) is 8.72. The van der Waals surface area contributed by atoms with Gasteiger partial charge in [-0.3, -0.25) is 19.3 Å². The Balaban J connectivity index is 1.21. The number of hydrogen-bond acceptors (Lipinski definition) is 8. The Morgan fingerprint density at radius 1 is 0.979 bits per heavy atom. The number of carbonyl (C=O) groups is 5. The van der Waals surface area contributed by atoms with Gasteiger partial charge < -0.3 is 20.1 Å². The summed E-state index contributed by atoms with van der Waals surface area (Å²) in [5, 5.41) is 13.0. The van der Waals surface area contributed by atoms with Gasteiger partial charge in [0.05, 0.1) is 12.6 Å². The number of ether oxygens (including phenoxy) is 1. The Kier molecular flexibility index (Phi) is 10.9. The molecule has 3 heterocycles. The third-order valence-electron chi connectivity index (χ3n) is 8.76. The van der Waals surface area contributed by atoms with Crippen molar-refractivity contribution in [2.75, 3.05) is 19.6 Å². The number of alkyl halides is 3. The van der Waals surface area contributed by atoms with E-state index in [1.807, 2.05) is 24.3 Å². The minimum absolute atomic E-state index is 0.0839. The van der Waals surface area contributed by atoms with Gasteiger partial charge in [0.25, 0.3) is 5.91 Å². The number of thioether (sulfide) groups is 1. The van der Waals surface area contributed by atoms with Crippen molar-refractivity contribution >= 4 is 40.6 Å². The number of nitrogens with zero attached hydrogens (tertiary/aromatic N) is 2. The summed E-state index contributed by atoms with van der Waals surface area (Å²) >= 11 is 1.20. The molecule has 2 saturated heterocycles. The molecule has 0 aromatic heterocycles. The average molecular weight is 676 g/mol. The number of amides is 2. The summed E-state index contributed by atoms with van der Waals surface area (Å²) in [4.78, 5) is 67.0. The lowest BCUT2D eigenvalue weighted by Crippen LogP contribution is -2.58. The van der Waals surface area contributed by atoms with E-state index in [1.165, 1.54) is 18.2 Å². The summed E-state index contributed by atoms with van der Waals surface area (Å²) in [6.45, 7) is 2.30. The number of rotatable bonds is 9. The molecule has 2 N–H and O–H groups in total. The van der Waals surface area contributed by atoms with Crippen molar-refractivity contribution in [3.8, 4) is 0 Å². The zero-order chi connectivity index (χ0) is 33.7. The van der Waals surface area contributed by atoms with E-state index in [-0.39, 0.29) is 36.7 Å². The minimum atomic E-state index is -5.33. The molecule has 2 aromatic rings. The van der Waals surface area contributed by atoms with Crippen LogP contribution in [0.5, 0.6) is 0 Å². The lowest BCUT2D eigenvalue weighted by atomic mass is 9.86. The van der Waals surface area contributed by atoms with Crippen LogP contribution in [0.15, 0.2) is 53.4 Å². The number of likely N-dealkylation sites (tertiary alicyclic amines) is 1. The second kappa shape index (κ2) is 14.9. The Hall–Kier alpha value is -3.91. The number of aliphatic carboxylic acids is 1. The Morgan fingerprint density at radius 2 is 1.68 bits per heavy atom. The maximum absolute atomic E-state index is 13.5. The number of hydrogen-bond donors (Lipinski definition) is 2. The minimum Gasteiger partial charge on any atom is -0.480 e. The molecular weight excluding hydrogens is 639 g/mol. The van der Waals surface area contributed by atoms with Crippen LogP contribution >= 0.6 is 11.8 Å². The molecule has 3 aliphatic heterocycles. The van der Waals surface area contributed by atoms with Crippen LogP contribution in [0.3, 0.4) is 0 Å². The molecule has 0 aliphatic carbocycles. The summed E-state index contributed by atoms with van der Waals surface area (Å²) in [5.41, 5.74) is 1.84. The van der Waals surface area contributed by atoms with E-state index in [9.17, 15) is 42.3 Å². The highest BCUT2D eigenvalue weighted by molar-refractivity contribution is 8.13. The number of carbonyl (C=O) groups excluding carboxylic acids is 4. The topological polar surface area (TPSA) is 133 Å². The van der Waals surface area contributed by atoms with Gasteiger partial charge in [-0.1, -0.05) is 54.6 Å². The van der Waals surface area contributed by atoms with E-state index in [2.05, 4.69) is 15.0 Å². The van der Waals surface area contributed by atoms with Gasteiger partial charge in [-0.15, -0.1) is 0 Å². The van der Waals surface area contributed by atoms with E-state index in [0.29, 0.717) is 24.1 Å². The summed E-state index contributed by atoms with van der Waals surface area (Å²) in [5.74, 6) is -5.28. The first-order chi connectivity index (χ1) is 22.4. The smallest absolute Gasteiger partial charge is 0.480 e. The van der Waals surface area contributed by atoms with Crippen molar-refractivity contribution in [2.24, 2.45) is 0 Å². The molecule has 0 spiro atoms. The molecule has 47 heavy (non-hydrogen) atoms. The van der Waals surface area contributed by atoms with Crippen molar-refractivity contribution in [3.63, 3.8) is 0 Å². The zero-order valence-electron chi connectivity index (χ0n) is 25.5. The second-order valence-electron chi connectivity index (χ2n) is 12.1. The first kappa shape index (κ1) is 34.4.